The first-order chi connectivity index (χ1) is 13.4. The van der Waals surface area contributed by atoms with Crippen LogP contribution in [0.15, 0.2) is 60.2 Å². The zero-order valence-electron chi connectivity index (χ0n) is 15.4. The number of nitrogens with one attached hydrogen (secondary N) is 1. The lowest BCUT2D eigenvalue weighted by Crippen LogP contribution is -2.46. The zero-order valence-corrected chi connectivity index (χ0v) is 15.4. The van der Waals surface area contributed by atoms with Gasteiger partial charge in [0.05, 0.1) is 28.8 Å². The normalized spacial score (nSPS) is 16.6. The quantitative estimate of drug-likeness (QED) is 0.487. The maximum absolute atomic E-state index is 12.8. The number of hydrogen-bond acceptors (Lipinski definition) is 5. The van der Waals surface area contributed by atoms with Crippen molar-refractivity contribution < 1.29 is 19.2 Å². The molecule has 1 aliphatic rings. The molecule has 8 nitrogen and oxygen atoms in total. The highest BCUT2D eigenvalue weighted by Gasteiger charge is 2.37. The highest BCUT2D eigenvalue weighted by molar-refractivity contribution is 6.04. The molecule has 144 valence electrons. The number of hydrogen-bond donors (Lipinski definition) is 1. The third kappa shape index (κ3) is 3.57. The van der Waals surface area contributed by atoms with Gasteiger partial charge in [0, 0.05) is 19.2 Å². The van der Waals surface area contributed by atoms with Crippen LogP contribution in [-0.4, -0.2) is 35.5 Å². The molecule has 2 aromatic rings. The maximum atomic E-state index is 12.8. The maximum Gasteiger partial charge on any atom is 0.338 e. The fraction of sp³-hybridized carbons (Fsp3) is 0.200. The molecule has 1 heterocycles. The molecule has 1 aliphatic heterocycles. The Balaban J connectivity index is 2.24. The number of non-ortho nitro benzene ring substituents is 1. The fourth-order valence-corrected chi connectivity index (χ4v) is 3.15. The minimum Gasteiger partial charge on any atom is -0.463 e. The van der Waals surface area contributed by atoms with Crippen LogP contribution < -0.4 is 5.32 Å². The number of ether oxygens (including phenoxy) is 1. The number of amides is 2. The molecule has 0 bridgehead atoms. The van der Waals surface area contributed by atoms with E-state index in [1.165, 1.54) is 23.1 Å². The third-order valence-corrected chi connectivity index (χ3v) is 4.41. The van der Waals surface area contributed by atoms with E-state index in [1.807, 2.05) is 6.07 Å². The molecule has 0 spiro atoms. The molecule has 8 heteroatoms. The van der Waals surface area contributed by atoms with Gasteiger partial charge >= 0.3 is 12.0 Å². The second-order valence-corrected chi connectivity index (χ2v) is 6.14. The Morgan fingerprint density at radius 1 is 1.21 bits per heavy atom. The van der Waals surface area contributed by atoms with E-state index in [4.69, 9.17) is 4.74 Å². The van der Waals surface area contributed by atoms with Crippen molar-refractivity contribution in [1.82, 2.24) is 10.2 Å². The summed E-state index contributed by atoms with van der Waals surface area (Å²) in [6, 6.07) is 13.5. The van der Waals surface area contributed by atoms with Gasteiger partial charge in [-0.2, -0.15) is 0 Å². The van der Waals surface area contributed by atoms with Gasteiger partial charge in [-0.1, -0.05) is 42.5 Å². The molecular weight excluding hydrogens is 362 g/mol. The van der Waals surface area contributed by atoms with Crippen molar-refractivity contribution in [2.45, 2.75) is 13.0 Å². The summed E-state index contributed by atoms with van der Waals surface area (Å²) in [6.07, 6.45) is 0. The average Bonchev–Trinajstić information content (AvgIpc) is 2.70. The lowest BCUT2D eigenvalue weighted by atomic mass is 9.92. The van der Waals surface area contributed by atoms with Gasteiger partial charge in [0.1, 0.15) is 0 Å². The highest BCUT2D eigenvalue weighted by atomic mass is 16.6. The lowest BCUT2D eigenvalue weighted by molar-refractivity contribution is -0.384. The number of nitro groups is 1. The summed E-state index contributed by atoms with van der Waals surface area (Å²) in [7, 11) is 1.56. The first kappa shape index (κ1) is 19.1. The van der Waals surface area contributed by atoms with Crippen LogP contribution in [0.1, 0.15) is 24.1 Å². The molecule has 2 amide bonds. The number of nitro benzene ring substituents is 1. The van der Waals surface area contributed by atoms with E-state index in [0.29, 0.717) is 16.8 Å². The van der Waals surface area contributed by atoms with Crippen LogP contribution in [0.2, 0.25) is 0 Å². The fourth-order valence-electron chi connectivity index (χ4n) is 3.15. The molecule has 0 unspecified atom stereocenters. The van der Waals surface area contributed by atoms with Gasteiger partial charge in [-0.3, -0.25) is 15.0 Å². The smallest absolute Gasteiger partial charge is 0.338 e. The summed E-state index contributed by atoms with van der Waals surface area (Å²) >= 11 is 0. The molecule has 0 aromatic heterocycles. The van der Waals surface area contributed by atoms with Crippen LogP contribution >= 0.6 is 0 Å². The summed E-state index contributed by atoms with van der Waals surface area (Å²) in [6.45, 7) is 1.85. The van der Waals surface area contributed by atoms with Crippen LogP contribution in [0.4, 0.5) is 10.5 Å². The Morgan fingerprint density at radius 3 is 2.57 bits per heavy atom. The van der Waals surface area contributed by atoms with E-state index >= 15 is 0 Å². The van der Waals surface area contributed by atoms with E-state index in [1.54, 1.807) is 44.3 Å². The molecule has 0 fully saturated rings. The van der Waals surface area contributed by atoms with Crippen LogP contribution in [0.3, 0.4) is 0 Å². The topological polar surface area (TPSA) is 102 Å². The Labute approximate surface area is 161 Å². The molecule has 0 radical (unpaired) electrons. The van der Waals surface area contributed by atoms with E-state index < -0.39 is 23.0 Å². The average molecular weight is 381 g/mol. The second-order valence-electron chi connectivity index (χ2n) is 6.14. The summed E-state index contributed by atoms with van der Waals surface area (Å²) in [5.41, 5.74) is 1.58. The summed E-state index contributed by atoms with van der Waals surface area (Å²) in [5.74, 6) is -0.593. The van der Waals surface area contributed by atoms with E-state index in [0.717, 1.165) is 0 Å². The molecule has 3 rings (SSSR count). The van der Waals surface area contributed by atoms with Crippen LogP contribution in [0.5, 0.6) is 0 Å². The van der Waals surface area contributed by atoms with Crippen molar-refractivity contribution >= 4 is 23.4 Å². The predicted octanol–water partition coefficient (Wildman–Crippen LogP) is 3.27. The van der Waals surface area contributed by atoms with Crippen LogP contribution in [0, 0.1) is 10.1 Å². The monoisotopic (exact) mass is 381 g/mol. The number of rotatable bonds is 5. The molecule has 1 N–H and O–H groups in total. The highest BCUT2D eigenvalue weighted by Crippen LogP contribution is 2.36. The number of urea groups is 1. The van der Waals surface area contributed by atoms with Gasteiger partial charge in [-0.25, -0.2) is 9.59 Å². The van der Waals surface area contributed by atoms with Crippen molar-refractivity contribution in [2.24, 2.45) is 0 Å². The second kappa shape index (κ2) is 7.91. The van der Waals surface area contributed by atoms with E-state index in [-0.39, 0.29) is 17.9 Å². The summed E-state index contributed by atoms with van der Waals surface area (Å²) < 4.78 is 5.24. The van der Waals surface area contributed by atoms with Gasteiger partial charge in [0.15, 0.2) is 0 Å². The minimum atomic E-state index is -0.877. The Hall–Kier alpha value is -3.68. The van der Waals surface area contributed by atoms with Crippen molar-refractivity contribution in [3.05, 3.63) is 81.4 Å². The first-order valence-electron chi connectivity index (χ1n) is 8.69. The number of benzene rings is 2. The third-order valence-electron chi connectivity index (χ3n) is 4.41. The summed E-state index contributed by atoms with van der Waals surface area (Å²) in [5, 5.41) is 13.9. The van der Waals surface area contributed by atoms with Gasteiger partial charge in [-0.15, -0.1) is 0 Å². The van der Waals surface area contributed by atoms with E-state index in [9.17, 15) is 19.7 Å². The van der Waals surface area contributed by atoms with Gasteiger partial charge < -0.3 is 10.1 Å². The van der Waals surface area contributed by atoms with Crippen molar-refractivity contribution in [3.63, 3.8) is 0 Å². The van der Waals surface area contributed by atoms with Gasteiger partial charge in [0.2, 0.25) is 0 Å². The largest absolute Gasteiger partial charge is 0.463 e. The minimum absolute atomic E-state index is 0.129. The Morgan fingerprint density at radius 2 is 1.93 bits per heavy atom. The number of esters is 1. The number of carbonyl (C=O) groups excluding carboxylic acids is 2. The molecule has 0 saturated carbocycles. The van der Waals surface area contributed by atoms with Gasteiger partial charge in [0.25, 0.3) is 5.69 Å². The van der Waals surface area contributed by atoms with Crippen molar-refractivity contribution in [1.29, 1.82) is 0 Å². The molecule has 1 atom stereocenters. The zero-order chi connectivity index (χ0) is 20.3. The van der Waals surface area contributed by atoms with Gasteiger partial charge in [-0.05, 0) is 18.1 Å². The van der Waals surface area contributed by atoms with E-state index in [2.05, 4.69) is 5.32 Å². The Kier molecular flexibility index (Phi) is 5.39. The van der Waals surface area contributed by atoms with Crippen molar-refractivity contribution in [2.75, 3.05) is 13.7 Å². The molecule has 0 aliphatic carbocycles. The van der Waals surface area contributed by atoms with Crippen molar-refractivity contribution in [3.8, 4) is 0 Å². The predicted molar refractivity (Wildman–Crippen MR) is 102 cm³/mol. The van der Waals surface area contributed by atoms with Crippen LogP contribution in [-0.2, 0) is 9.53 Å². The SMILES string of the molecule is CCOC(=O)C1=C(c2ccccc2)N(C)C(=O)N[C@@H]1c1cccc([N+](=O)[O-])c1. The molecule has 2 aromatic carbocycles. The molecular formula is C20H19N3O5. The standard InChI is InChI=1S/C20H19N3O5/c1-3-28-19(24)16-17(14-10-7-11-15(12-14)23(26)27)21-20(25)22(2)18(16)13-8-5-4-6-9-13/h4-12,17H,3H2,1-2H3,(H,21,25)/t17-/m1/s1. The molecule has 0 saturated heterocycles. The Bertz CT molecular complexity index is 955. The number of nitrogens with zero attached hydrogens (tertiary/aromatic N) is 2. The first-order valence-corrected chi connectivity index (χ1v) is 8.69. The number of carbonyl (C=O) groups is 2. The summed E-state index contributed by atoms with van der Waals surface area (Å²) in [4.78, 5) is 37.4. The lowest BCUT2D eigenvalue weighted by Gasteiger charge is -2.34. The van der Waals surface area contributed by atoms with Crippen LogP contribution in [0.25, 0.3) is 5.70 Å². The molecule has 28 heavy (non-hydrogen) atoms.